The fourth-order valence-corrected chi connectivity index (χ4v) is 1.46. The van der Waals surface area contributed by atoms with Crippen molar-refractivity contribution in [3.05, 3.63) is 0 Å². The van der Waals surface area contributed by atoms with E-state index in [1.165, 1.54) is 0 Å². The molecule has 4 heteroatoms. The van der Waals surface area contributed by atoms with Crippen LogP contribution in [-0.4, -0.2) is 23.6 Å². The third-order valence-electron chi connectivity index (χ3n) is 2.08. The first kappa shape index (κ1) is 14.9. The van der Waals surface area contributed by atoms with Crippen molar-refractivity contribution in [2.24, 2.45) is 0 Å². The molecule has 0 N–H and O–H groups in total. The van der Waals surface area contributed by atoms with Gasteiger partial charge in [0.2, 0.25) is 0 Å². The van der Waals surface area contributed by atoms with Crippen molar-refractivity contribution in [2.45, 2.75) is 65.6 Å². The summed E-state index contributed by atoms with van der Waals surface area (Å²) in [6.07, 6.45) is 0.975. The lowest BCUT2D eigenvalue weighted by molar-refractivity contribution is -0.161. The molecule has 0 aromatic carbocycles. The van der Waals surface area contributed by atoms with Gasteiger partial charge in [-0.05, 0) is 20.8 Å². The quantitative estimate of drug-likeness (QED) is 0.658. The Hall–Kier alpha value is -1.06. The molecule has 0 aromatic rings. The second kappa shape index (κ2) is 6.51. The summed E-state index contributed by atoms with van der Waals surface area (Å²) in [5.41, 5.74) is -0.597. The monoisotopic (exact) mass is 230 g/mol. The maximum atomic E-state index is 11.2. The van der Waals surface area contributed by atoms with Crippen molar-refractivity contribution in [1.82, 2.24) is 0 Å². The molecule has 0 heterocycles. The van der Waals surface area contributed by atoms with Crippen LogP contribution in [0.3, 0.4) is 0 Å². The molecule has 0 fully saturated rings. The highest BCUT2D eigenvalue weighted by molar-refractivity contribution is 5.69. The normalized spacial score (nSPS) is 13.1. The van der Waals surface area contributed by atoms with E-state index in [4.69, 9.17) is 9.47 Å². The molecule has 94 valence electrons. The minimum absolute atomic E-state index is 0.231. The standard InChI is InChI=1S/C12H22O4/c1-6-10(13)15-9(3)8-12(4,5)16-11(14)7-2/h9H,6-8H2,1-5H3/t9-/m0/s1. The lowest BCUT2D eigenvalue weighted by Gasteiger charge is -2.27. The highest BCUT2D eigenvalue weighted by Crippen LogP contribution is 2.19. The molecule has 0 unspecified atom stereocenters. The molecule has 0 spiro atoms. The molecular weight excluding hydrogens is 208 g/mol. The van der Waals surface area contributed by atoms with Gasteiger partial charge in [0, 0.05) is 19.3 Å². The van der Waals surface area contributed by atoms with Gasteiger partial charge in [-0.1, -0.05) is 13.8 Å². The zero-order valence-corrected chi connectivity index (χ0v) is 10.8. The zero-order valence-electron chi connectivity index (χ0n) is 10.8. The van der Waals surface area contributed by atoms with Crippen molar-refractivity contribution in [3.63, 3.8) is 0 Å². The second-order valence-corrected chi connectivity index (χ2v) is 4.45. The van der Waals surface area contributed by atoms with Crippen molar-refractivity contribution < 1.29 is 19.1 Å². The van der Waals surface area contributed by atoms with Gasteiger partial charge in [0.05, 0.1) is 0 Å². The van der Waals surface area contributed by atoms with Crippen LogP contribution in [0.25, 0.3) is 0 Å². The highest BCUT2D eigenvalue weighted by atomic mass is 16.6. The number of hydrogen-bond acceptors (Lipinski definition) is 4. The zero-order chi connectivity index (χ0) is 12.8. The second-order valence-electron chi connectivity index (χ2n) is 4.45. The van der Waals surface area contributed by atoms with Crippen LogP contribution in [0.5, 0.6) is 0 Å². The summed E-state index contributed by atoms with van der Waals surface area (Å²) in [6, 6.07) is 0. The van der Waals surface area contributed by atoms with Crippen LogP contribution in [0.1, 0.15) is 53.9 Å². The van der Waals surface area contributed by atoms with Crippen LogP contribution in [-0.2, 0) is 19.1 Å². The average Bonchev–Trinajstić information content (AvgIpc) is 2.15. The van der Waals surface area contributed by atoms with E-state index in [1.807, 2.05) is 13.8 Å². The van der Waals surface area contributed by atoms with Gasteiger partial charge in [0.15, 0.2) is 0 Å². The van der Waals surface area contributed by atoms with Gasteiger partial charge >= 0.3 is 11.9 Å². The molecule has 0 rings (SSSR count). The summed E-state index contributed by atoms with van der Waals surface area (Å²) in [5.74, 6) is -0.468. The molecule has 0 radical (unpaired) electrons. The SMILES string of the molecule is CCC(=O)O[C@@H](C)CC(C)(C)OC(=O)CC. The maximum Gasteiger partial charge on any atom is 0.306 e. The third-order valence-corrected chi connectivity index (χ3v) is 2.08. The average molecular weight is 230 g/mol. The number of rotatable bonds is 6. The van der Waals surface area contributed by atoms with E-state index in [0.717, 1.165) is 0 Å². The molecule has 1 atom stereocenters. The molecule has 0 saturated carbocycles. The number of ether oxygens (including phenoxy) is 2. The largest absolute Gasteiger partial charge is 0.463 e. The molecule has 4 nitrogen and oxygen atoms in total. The minimum Gasteiger partial charge on any atom is -0.463 e. The summed E-state index contributed by atoms with van der Waals surface area (Å²) in [4.78, 5) is 22.2. The maximum absolute atomic E-state index is 11.2. The van der Waals surface area contributed by atoms with E-state index < -0.39 is 5.60 Å². The molecule has 0 aliphatic rings. The summed E-state index contributed by atoms with van der Waals surface area (Å²) in [6.45, 7) is 8.93. The predicted molar refractivity (Wildman–Crippen MR) is 60.9 cm³/mol. The summed E-state index contributed by atoms with van der Waals surface area (Å²) < 4.78 is 10.4. The van der Waals surface area contributed by atoms with Crippen LogP contribution in [0.2, 0.25) is 0 Å². The predicted octanol–water partition coefficient (Wildman–Crippen LogP) is 2.45. The van der Waals surface area contributed by atoms with Gasteiger partial charge in [0.1, 0.15) is 11.7 Å². The Labute approximate surface area is 97.3 Å². The van der Waals surface area contributed by atoms with E-state index in [0.29, 0.717) is 19.3 Å². The Kier molecular flexibility index (Phi) is 6.08. The molecule has 16 heavy (non-hydrogen) atoms. The molecule has 0 aliphatic heterocycles. The first-order chi connectivity index (χ1) is 7.30. The number of esters is 2. The fraction of sp³-hybridized carbons (Fsp3) is 0.833. The van der Waals surface area contributed by atoms with Gasteiger partial charge < -0.3 is 9.47 Å². The first-order valence-electron chi connectivity index (χ1n) is 5.72. The fourth-order valence-electron chi connectivity index (χ4n) is 1.46. The van der Waals surface area contributed by atoms with Crippen LogP contribution in [0, 0.1) is 0 Å². The minimum atomic E-state index is -0.597. The van der Waals surface area contributed by atoms with Crippen molar-refractivity contribution in [2.75, 3.05) is 0 Å². The molecule has 0 saturated heterocycles. The van der Waals surface area contributed by atoms with E-state index in [2.05, 4.69) is 0 Å². The first-order valence-corrected chi connectivity index (χ1v) is 5.72. The van der Waals surface area contributed by atoms with Gasteiger partial charge in [-0.2, -0.15) is 0 Å². The number of hydrogen-bond donors (Lipinski definition) is 0. The molecular formula is C12H22O4. The van der Waals surface area contributed by atoms with Crippen LogP contribution in [0.15, 0.2) is 0 Å². The molecule has 0 aliphatic carbocycles. The van der Waals surface area contributed by atoms with Crippen LogP contribution < -0.4 is 0 Å². The molecule has 0 aromatic heterocycles. The van der Waals surface area contributed by atoms with Crippen molar-refractivity contribution in [1.29, 1.82) is 0 Å². The lowest BCUT2D eigenvalue weighted by atomic mass is 10.0. The number of carbonyl (C=O) groups is 2. The summed E-state index contributed by atoms with van der Waals surface area (Å²) in [7, 11) is 0. The van der Waals surface area contributed by atoms with Gasteiger partial charge in [0.25, 0.3) is 0 Å². The lowest BCUT2D eigenvalue weighted by Crippen LogP contribution is -2.33. The Morgan fingerprint density at radius 2 is 1.62 bits per heavy atom. The summed E-state index contributed by atoms with van der Waals surface area (Å²) >= 11 is 0. The Morgan fingerprint density at radius 1 is 1.12 bits per heavy atom. The topological polar surface area (TPSA) is 52.6 Å². The highest BCUT2D eigenvalue weighted by Gasteiger charge is 2.26. The van der Waals surface area contributed by atoms with Crippen molar-refractivity contribution in [3.8, 4) is 0 Å². The molecule has 0 bridgehead atoms. The summed E-state index contributed by atoms with van der Waals surface area (Å²) in [5, 5.41) is 0. The smallest absolute Gasteiger partial charge is 0.306 e. The third kappa shape index (κ3) is 6.43. The van der Waals surface area contributed by atoms with Gasteiger partial charge in [-0.25, -0.2) is 0 Å². The Balaban J connectivity index is 4.14. The molecule has 0 amide bonds. The van der Waals surface area contributed by atoms with Crippen molar-refractivity contribution >= 4 is 11.9 Å². The van der Waals surface area contributed by atoms with Crippen LogP contribution in [0.4, 0.5) is 0 Å². The number of carbonyl (C=O) groups excluding carboxylic acids is 2. The Bertz CT molecular complexity index is 245. The van der Waals surface area contributed by atoms with Crippen LogP contribution >= 0.6 is 0 Å². The van der Waals surface area contributed by atoms with E-state index in [1.54, 1.807) is 20.8 Å². The van der Waals surface area contributed by atoms with Gasteiger partial charge in [-0.15, -0.1) is 0 Å². The van der Waals surface area contributed by atoms with Gasteiger partial charge in [-0.3, -0.25) is 9.59 Å². The van der Waals surface area contributed by atoms with E-state index in [-0.39, 0.29) is 18.0 Å². The van der Waals surface area contributed by atoms with E-state index in [9.17, 15) is 9.59 Å². The van der Waals surface area contributed by atoms with E-state index >= 15 is 0 Å². The Morgan fingerprint density at radius 3 is 2.06 bits per heavy atom.